The van der Waals surface area contributed by atoms with Gasteiger partial charge >= 0.3 is 0 Å². The van der Waals surface area contributed by atoms with Gasteiger partial charge in [-0.25, -0.2) is 0 Å². The maximum atomic E-state index is 11.4. The summed E-state index contributed by atoms with van der Waals surface area (Å²) >= 11 is 1.51. The summed E-state index contributed by atoms with van der Waals surface area (Å²) in [5, 5.41) is 18.5. The molecule has 0 bridgehead atoms. The van der Waals surface area contributed by atoms with Crippen LogP contribution in [0.5, 0.6) is 0 Å². The second-order valence-corrected chi connectivity index (χ2v) is 4.10. The topological polar surface area (TPSA) is 61.4 Å². The number of carbonyl (C=O) groups excluding carboxylic acids is 1. The van der Waals surface area contributed by atoms with Gasteiger partial charge in [-0.15, -0.1) is 0 Å². The van der Waals surface area contributed by atoms with Crippen molar-refractivity contribution in [1.82, 2.24) is 10.6 Å². The molecule has 3 N–H and O–H groups in total. The van der Waals surface area contributed by atoms with Gasteiger partial charge in [0.05, 0.1) is 6.10 Å². The molecule has 1 atom stereocenters. The Morgan fingerprint density at radius 3 is 3.00 bits per heavy atom. The van der Waals surface area contributed by atoms with Crippen LogP contribution < -0.4 is 10.6 Å². The van der Waals surface area contributed by atoms with E-state index in [1.807, 2.05) is 10.8 Å². The summed E-state index contributed by atoms with van der Waals surface area (Å²) in [6, 6.07) is 1.79. The van der Waals surface area contributed by atoms with Crippen LogP contribution in [0.15, 0.2) is 16.8 Å². The van der Waals surface area contributed by atoms with Gasteiger partial charge in [-0.2, -0.15) is 11.3 Å². The van der Waals surface area contributed by atoms with E-state index in [0.717, 1.165) is 0 Å². The predicted molar refractivity (Wildman–Crippen MR) is 61.2 cm³/mol. The van der Waals surface area contributed by atoms with E-state index in [0.29, 0.717) is 25.2 Å². The molecule has 0 saturated carbocycles. The molecule has 0 saturated heterocycles. The molecule has 0 aromatic carbocycles. The third-order valence-electron chi connectivity index (χ3n) is 1.81. The van der Waals surface area contributed by atoms with E-state index in [9.17, 15) is 4.79 Å². The quantitative estimate of drug-likeness (QED) is 0.619. The highest BCUT2D eigenvalue weighted by atomic mass is 32.1. The smallest absolute Gasteiger partial charge is 0.252 e. The Hall–Kier alpha value is -0.910. The lowest BCUT2D eigenvalue weighted by Gasteiger charge is -2.07. The van der Waals surface area contributed by atoms with Crippen molar-refractivity contribution in [2.24, 2.45) is 0 Å². The highest BCUT2D eigenvalue weighted by Gasteiger charge is 2.03. The minimum absolute atomic E-state index is 0.0462. The summed E-state index contributed by atoms with van der Waals surface area (Å²) in [5.41, 5.74) is 0.704. The molecule has 1 aromatic rings. The van der Waals surface area contributed by atoms with Crippen LogP contribution in [0.3, 0.4) is 0 Å². The number of rotatable bonds is 6. The molecule has 0 fully saturated rings. The number of carbonyl (C=O) groups is 1. The molecule has 0 aliphatic carbocycles. The third-order valence-corrected chi connectivity index (χ3v) is 2.49. The van der Waals surface area contributed by atoms with E-state index < -0.39 is 0 Å². The van der Waals surface area contributed by atoms with Crippen LogP contribution in [0.4, 0.5) is 0 Å². The van der Waals surface area contributed by atoms with Gasteiger partial charge in [0.25, 0.3) is 5.91 Å². The normalized spacial score (nSPS) is 12.4. The van der Waals surface area contributed by atoms with E-state index in [2.05, 4.69) is 10.6 Å². The van der Waals surface area contributed by atoms with Gasteiger partial charge in [-0.05, 0) is 18.4 Å². The number of thiophene rings is 1. The average molecular weight is 228 g/mol. The fourth-order valence-corrected chi connectivity index (χ4v) is 1.71. The van der Waals surface area contributed by atoms with E-state index in [-0.39, 0.29) is 12.0 Å². The van der Waals surface area contributed by atoms with E-state index >= 15 is 0 Å². The fraction of sp³-hybridized carbons (Fsp3) is 0.500. The van der Waals surface area contributed by atoms with Crippen LogP contribution in [0.25, 0.3) is 0 Å². The van der Waals surface area contributed by atoms with Crippen molar-refractivity contribution in [3.05, 3.63) is 22.4 Å². The standard InChI is InChI=1S/C10H16N2O2S/c1-8(13)6-11-3-4-12-10(14)9-2-5-15-7-9/h2,5,7-8,11,13H,3-4,6H2,1H3,(H,12,14). The van der Waals surface area contributed by atoms with Crippen LogP contribution >= 0.6 is 11.3 Å². The van der Waals surface area contributed by atoms with E-state index in [1.54, 1.807) is 13.0 Å². The maximum Gasteiger partial charge on any atom is 0.252 e. The Morgan fingerprint density at radius 1 is 1.60 bits per heavy atom. The summed E-state index contributed by atoms with van der Waals surface area (Å²) in [4.78, 5) is 11.4. The van der Waals surface area contributed by atoms with E-state index in [4.69, 9.17) is 5.11 Å². The number of aliphatic hydroxyl groups excluding tert-OH is 1. The van der Waals surface area contributed by atoms with Gasteiger partial charge in [0, 0.05) is 30.6 Å². The number of hydrogen-bond acceptors (Lipinski definition) is 4. The number of amides is 1. The Labute approximate surface area is 93.3 Å². The lowest BCUT2D eigenvalue weighted by Crippen LogP contribution is -2.34. The zero-order valence-electron chi connectivity index (χ0n) is 8.69. The van der Waals surface area contributed by atoms with Gasteiger partial charge in [0.1, 0.15) is 0 Å². The molecule has 0 spiro atoms. The van der Waals surface area contributed by atoms with Crippen molar-refractivity contribution < 1.29 is 9.90 Å². The molecule has 0 radical (unpaired) electrons. The molecule has 1 unspecified atom stereocenters. The molecule has 1 heterocycles. The van der Waals surface area contributed by atoms with Crippen LogP contribution in [0, 0.1) is 0 Å². The Bertz CT molecular complexity index is 286. The first kappa shape index (κ1) is 12.2. The van der Waals surface area contributed by atoms with Gasteiger partial charge in [0.15, 0.2) is 0 Å². The Kier molecular flexibility index (Phi) is 5.31. The van der Waals surface area contributed by atoms with Crippen molar-refractivity contribution >= 4 is 17.2 Å². The molecule has 1 aromatic heterocycles. The average Bonchev–Trinajstić information content (AvgIpc) is 2.69. The lowest BCUT2D eigenvalue weighted by molar-refractivity contribution is 0.0954. The highest BCUT2D eigenvalue weighted by molar-refractivity contribution is 7.08. The zero-order chi connectivity index (χ0) is 11.1. The summed E-state index contributed by atoms with van der Waals surface area (Å²) in [6.45, 7) is 3.51. The predicted octanol–water partition coefficient (Wildman–Crippen LogP) is 0.448. The SMILES string of the molecule is CC(O)CNCCNC(=O)c1ccsc1. The second-order valence-electron chi connectivity index (χ2n) is 3.32. The van der Waals surface area contributed by atoms with Crippen LogP contribution in [0.2, 0.25) is 0 Å². The van der Waals surface area contributed by atoms with Gasteiger partial charge in [-0.1, -0.05) is 0 Å². The first-order valence-electron chi connectivity index (χ1n) is 4.89. The van der Waals surface area contributed by atoms with Gasteiger partial charge in [0.2, 0.25) is 0 Å². The van der Waals surface area contributed by atoms with Gasteiger partial charge < -0.3 is 15.7 Å². The van der Waals surface area contributed by atoms with Crippen LogP contribution in [-0.2, 0) is 0 Å². The summed E-state index contributed by atoms with van der Waals surface area (Å²) in [5.74, 6) is -0.0462. The number of nitrogens with one attached hydrogen (secondary N) is 2. The van der Waals surface area contributed by atoms with Gasteiger partial charge in [-0.3, -0.25) is 4.79 Å². The van der Waals surface area contributed by atoms with Crippen molar-refractivity contribution in [3.63, 3.8) is 0 Å². The first-order valence-corrected chi connectivity index (χ1v) is 5.83. The third kappa shape index (κ3) is 4.92. The Morgan fingerprint density at radius 2 is 2.40 bits per heavy atom. The highest BCUT2D eigenvalue weighted by Crippen LogP contribution is 2.04. The second kappa shape index (κ2) is 6.55. The maximum absolute atomic E-state index is 11.4. The molecule has 84 valence electrons. The monoisotopic (exact) mass is 228 g/mol. The largest absolute Gasteiger partial charge is 0.392 e. The molecule has 0 aliphatic rings. The van der Waals surface area contributed by atoms with Crippen molar-refractivity contribution in [2.45, 2.75) is 13.0 Å². The summed E-state index contributed by atoms with van der Waals surface area (Å²) < 4.78 is 0. The molecular formula is C10H16N2O2S. The molecule has 4 nitrogen and oxygen atoms in total. The van der Waals surface area contributed by atoms with Crippen molar-refractivity contribution in [2.75, 3.05) is 19.6 Å². The lowest BCUT2D eigenvalue weighted by atomic mass is 10.3. The zero-order valence-corrected chi connectivity index (χ0v) is 9.51. The summed E-state index contributed by atoms with van der Waals surface area (Å²) in [7, 11) is 0. The Balaban J connectivity index is 2.08. The van der Waals surface area contributed by atoms with Crippen LogP contribution in [0.1, 0.15) is 17.3 Å². The molecule has 1 rings (SSSR count). The van der Waals surface area contributed by atoms with Crippen molar-refractivity contribution in [1.29, 1.82) is 0 Å². The molecule has 5 heteroatoms. The first-order chi connectivity index (χ1) is 7.20. The minimum atomic E-state index is -0.349. The summed E-state index contributed by atoms with van der Waals surface area (Å²) in [6.07, 6.45) is -0.349. The molecule has 15 heavy (non-hydrogen) atoms. The van der Waals surface area contributed by atoms with E-state index in [1.165, 1.54) is 11.3 Å². The molecule has 0 aliphatic heterocycles. The van der Waals surface area contributed by atoms with Crippen LogP contribution in [-0.4, -0.2) is 36.8 Å². The molecular weight excluding hydrogens is 212 g/mol. The molecule has 1 amide bonds. The number of hydrogen-bond donors (Lipinski definition) is 3. The van der Waals surface area contributed by atoms with Crippen molar-refractivity contribution in [3.8, 4) is 0 Å². The number of aliphatic hydroxyl groups is 1. The minimum Gasteiger partial charge on any atom is -0.392 e. The fourth-order valence-electron chi connectivity index (χ4n) is 1.07.